The van der Waals surface area contributed by atoms with E-state index in [-0.39, 0.29) is 5.76 Å². The summed E-state index contributed by atoms with van der Waals surface area (Å²) >= 11 is 6.33. The highest BCUT2D eigenvalue weighted by Crippen LogP contribution is 2.43. The number of carboxylic acid groups (broad SMARTS) is 1. The van der Waals surface area contributed by atoms with Gasteiger partial charge >= 0.3 is 5.97 Å². The number of hydrogen-bond donors (Lipinski definition) is 1. The van der Waals surface area contributed by atoms with Crippen molar-refractivity contribution in [3.63, 3.8) is 0 Å². The number of hydrogen-bond acceptors (Lipinski definition) is 4. The van der Waals surface area contributed by atoms with E-state index in [1.807, 2.05) is 6.07 Å². The second-order valence-electron chi connectivity index (χ2n) is 5.44. The number of nitrogens with zero attached hydrogens (tertiary/aromatic N) is 1. The number of carboxylic acids is 1. The fourth-order valence-electron chi connectivity index (χ4n) is 3.03. The van der Waals surface area contributed by atoms with Gasteiger partial charge in [-0.2, -0.15) is 0 Å². The Bertz CT molecular complexity index is 704. The summed E-state index contributed by atoms with van der Waals surface area (Å²) in [4.78, 5) is 10.9. The first-order valence-electron chi connectivity index (χ1n) is 7.18. The highest BCUT2D eigenvalue weighted by atomic mass is 35.5. The van der Waals surface area contributed by atoms with Crippen molar-refractivity contribution in [1.29, 1.82) is 0 Å². The Morgan fingerprint density at radius 2 is 2.09 bits per heavy atom. The number of rotatable bonds is 4. The molecule has 0 aliphatic heterocycles. The molecule has 1 aromatic carbocycles. The quantitative estimate of drug-likeness (QED) is 0.905. The molecular weight excluding hydrogens is 306 g/mol. The molecule has 116 valence electrons. The zero-order valence-electron chi connectivity index (χ0n) is 12.1. The van der Waals surface area contributed by atoms with Crippen molar-refractivity contribution < 1.29 is 19.2 Å². The normalized spacial score (nSPS) is 15.2. The monoisotopic (exact) mass is 321 g/mol. The van der Waals surface area contributed by atoms with Crippen LogP contribution in [0.5, 0.6) is 5.75 Å². The van der Waals surface area contributed by atoms with Crippen LogP contribution in [0.15, 0.2) is 22.7 Å². The van der Waals surface area contributed by atoms with Crippen LogP contribution in [0.3, 0.4) is 0 Å². The molecule has 5 nitrogen and oxygen atoms in total. The summed E-state index contributed by atoms with van der Waals surface area (Å²) in [5, 5.41) is 13.2. The summed E-state index contributed by atoms with van der Waals surface area (Å²) in [6.45, 7) is 0. The van der Waals surface area contributed by atoms with E-state index in [0.717, 1.165) is 24.0 Å². The number of benzene rings is 1. The number of carbonyl (C=O) groups is 1. The van der Waals surface area contributed by atoms with Crippen LogP contribution in [0.2, 0.25) is 5.02 Å². The van der Waals surface area contributed by atoms with Crippen molar-refractivity contribution in [3.8, 4) is 17.0 Å². The molecule has 6 heteroatoms. The highest BCUT2D eigenvalue weighted by molar-refractivity contribution is 6.32. The van der Waals surface area contributed by atoms with E-state index in [0.29, 0.717) is 22.4 Å². The molecule has 1 N–H and O–H groups in total. The molecule has 1 fully saturated rings. The molecular formula is C16H16ClNO4. The van der Waals surface area contributed by atoms with Gasteiger partial charge in [-0.3, -0.25) is 0 Å². The lowest BCUT2D eigenvalue weighted by Crippen LogP contribution is -1.99. The number of halogens is 1. The van der Waals surface area contributed by atoms with E-state index in [1.165, 1.54) is 18.9 Å². The second kappa shape index (κ2) is 6.01. The number of methoxy groups -OCH3 is 1. The topological polar surface area (TPSA) is 72.6 Å². The number of ether oxygens (including phenoxy) is 1. The second-order valence-corrected chi connectivity index (χ2v) is 5.85. The summed E-state index contributed by atoms with van der Waals surface area (Å²) in [5.74, 6) is -0.226. The van der Waals surface area contributed by atoms with Crippen LogP contribution in [-0.4, -0.2) is 23.3 Å². The lowest BCUT2D eigenvalue weighted by atomic mass is 9.94. The van der Waals surface area contributed by atoms with Crippen molar-refractivity contribution >= 4 is 17.6 Å². The third kappa shape index (κ3) is 2.68. The molecule has 0 unspecified atom stereocenters. The summed E-state index contributed by atoms with van der Waals surface area (Å²) in [7, 11) is 1.61. The van der Waals surface area contributed by atoms with Crippen molar-refractivity contribution in [2.45, 2.75) is 31.6 Å². The third-order valence-corrected chi connectivity index (χ3v) is 4.37. The van der Waals surface area contributed by atoms with Crippen LogP contribution in [0, 0.1) is 0 Å². The van der Waals surface area contributed by atoms with E-state index >= 15 is 0 Å². The molecule has 0 amide bonds. The summed E-state index contributed by atoms with van der Waals surface area (Å²) in [6.07, 6.45) is 4.61. The van der Waals surface area contributed by atoms with Crippen molar-refractivity contribution in [1.82, 2.24) is 5.16 Å². The Morgan fingerprint density at radius 3 is 2.68 bits per heavy atom. The Balaban J connectivity index is 2.06. The minimum absolute atomic E-state index is 0.190. The number of aromatic carboxylic acids is 1. The van der Waals surface area contributed by atoms with E-state index < -0.39 is 5.97 Å². The lowest BCUT2D eigenvalue weighted by Gasteiger charge is -2.17. The number of aromatic nitrogens is 1. The predicted octanol–water partition coefficient (Wildman–Crippen LogP) is 4.36. The molecule has 1 saturated carbocycles. The molecule has 1 heterocycles. The van der Waals surface area contributed by atoms with Gasteiger partial charge in [0, 0.05) is 11.6 Å². The average Bonchev–Trinajstić information content (AvgIpc) is 3.18. The first-order chi connectivity index (χ1) is 10.6. The Hall–Kier alpha value is -2.01. The van der Waals surface area contributed by atoms with E-state index in [2.05, 4.69) is 5.16 Å². The lowest BCUT2D eigenvalue weighted by molar-refractivity contribution is 0.0652. The smallest absolute Gasteiger partial charge is 0.374 e. The molecule has 2 aromatic rings. The van der Waals surface area contributed by atoms with Crippen molar-refractivity contribution in [2.75, 3.05) is 7.11 Å². The molecule has 3 rings (SSSR count). The molecule has 0 bridgehead atoms. The standard InChI is InChI=1S/C16H16ClNO4/c1-21-15-11(9-4-2-3-5-9)6-10(7-12(15)17)13-8-14(16(19)20)22-18-13/h6-9H,2-5H2,1H3,(H,19,20). The first-order valence-corrected chi connectivity index (χ1v) is 7.55. The highest BCUT2D eigenvalue weighted by Gasteiger charge is 2.24. The molecule has 0 saturated heterocycles. The molecule has 0 spiro atoms. The van der Waals surface area contributed by atoms with Crippen LogP contribution < -0.4 is 4.74 Å². The maximum atomic E-state index is 10.9. The third-order valence-electron chi connectivity index (χ3n) is 4.09. The van der Waals surface area contributed by atoms with E-state index in [4.69, 9.17) is 26.0 Å². The molecule has 0 atom stereocenters. The van der Waals surface area contributed by atoms with Crippen LogP contribution >= 0.6 is 11.6 Å². The van der Waals surface area contributed by atoms with Gasteiger partial charge in [-0.15, -0.1) is 0 Å². The zero-order valence-corrected chi connectivity index (χ0v) is 12.9. The Labute approximate surface area is 132 Å². The van der Waals surface area contributed by atoms with Gasteiger partial charge < -0.3 is 14.4 Å². The molecule has 1 aliphatic carbocycles. The van der Waals surface area contributed by atoms with Crippen LogP contribution in [0.1, 0.15) is 47.7 Å². The molecule has 1 aromatic heterocycles. The summed E-state index contributed by atoms with van der Waals surface area (Å²) in [6, 6.07) is 5.10. The minimum Gasteiger partial charge on any atom is -0.495 e. The summed E-state index contributed by atoms with van der Waals surface area (Å²) < 4.78 is 10.3. The molecule has 22 heavy (non-hydrogen) atoms. The minimum atomic E-state index is -1.14. The van der Waals surface area contributed by atoms with Gasteiger partial charge in [-0.1, -0.05) is 29.6 Å². The molecule has 0 radical (unpaired) electrons. The fourth-order valence-corrected chi connectivity index (χ4v) is 3.33. The van der Waals surface area contributed by atoms with Gasteiger partial charge in [0.15, 0.2) is 0 Å². The van der Waals surface area contributed by atoms with E-state index in [1.54, 1.807) is 13.2 Å². The zero-order chi connectivity index (χ0) is 15.7. The fraction of sp³-hybridized carbons (Fsp3) is 0.375. The van der Waals surface area contributed by atoms with Gasteiger partial charge in [0.25, 0.3) is 0 Å². The van der Waals surface area contributed by atoms with Gasteiger partial charge in [-0.05, 0) is 36.5 Å². The van der Waals surface area contributed by atoms with Crippen LogP contribution in [0.25, 0.3) is 11.3 Å². The largest absolute Gasteiger partial charge is 0.495 e. The summed E-state index contributed by atoms with van der Waals surface area (Å²) in [5.41, 5.74) is 2.26. The van der Waals surface area contributed by atoms with Gasteiger partial charge in [0.2, 0.25) is 5.76 Å². The average molecular weight is 322 g/mol. The van der Waals surface area contributed by atoms with Crippen molar-refractivity contribution in [3.05, 3.63) is 34.5 Å². The van der Waals surface area contributed by atoms with Gasteiger partial charge in [0.1, 0.15) is 11.4 Å². The van der Waals surface area contributed by atoms with Crippen molar-refractivity contribution in [2.24, 2.45) is 0 Å². The van der Waals surface area contributed by atoms with Gasteiger partial charge in [0.05, 0.1) is 12.1 Å². The predicted molar refractivity (Wildman–Crippen MR) is 81.7 cm³/mol. The maximum Gasteiger partial charge on any atom is 0.374 e. The molecule has 1 aliphatic rings. The van der Waals surface area contributed by atoms with Crippen LogP contribution in [-0.2, 0) is 0 Å². The van der Waals surface area contributed by atoms with Gasteiger partial charge in [-0.25, -0.2) is 4.79 Å². The first kappa shape index (κ1) is 14.9. The van der Waals surface area contributed by atoms with E-state index in [9.17, 15) is 4.79 Å². The van der Waals surface area contributed by atoms with Crippen LogP contribution in [0.4, 0.5) is 0 Å². The maximum absolute atomic E-state index is 10.9. The Morgan fingerprint density at radius 1 is 1.36 bits per heavy atom. The SMILES string of the molecule is COc1c(Cl)cc(-c2cc(C(=O)O)on2)cc1C1CCCC1. The Kier molecular flexibility index (Phi) is 4.07.